The lowest BCUT2D eigenvalue weighted by atomic mass is 10.1. The quantitative estimate of drug-likeness (QED) is 0.220. The van der Waals surface area contributed by atoms with E-state index < -0.39 is 33.3 Å². The van der Waals surface area contributed by atoms with Crippen molar-refractivity contribution in [3.8, 4) is 0 Å². The minimum Gasteiger partial charge on any atom is -0.454 e. The molecule has 0 spiro atoms. The van der Waals surface area contributed by atoms with Gasteiger partial charge >= 0.3 is 5.97 Å². The van der Waals surface area contributed by atoms with E-state index in [-0.39, 0.29) is 40.5 Å². The Morgan fingerprint density at radius 1 is 1.09 bits per heavy atom. The van der Waals surface area contributed by atoms with Gasteiger partial charge in [-0.15, -0.1) is 0 Å². The molecule has 2 N–H and O–H groups in total. The number of Topliss-reactive ketones (excluding diaryl/α,β-unsaturated/α-hetero) is 1. The molecule has 0 radical (unpaired) electrons. The molecule has 182 valence electrons. The van der Waals surface area contributed by atoms with Gasteiger partial charge < -0.3 is 15.2 Å². The molecule has 0 aliphatic carbocycles. The SMILES string of the molecule is O=C(COC(=O)c1cc([N+](=O)[O-])ccc1NCCO)c1ccc(S(=O)(=O)N2CCCCC2)cc1. The predicted molar refractivity (Wildman–Crippen MR) is 122 cm³/mol. The van der Waals surface area contributed by atoms with E-state index in [4.69, 9.17) is 9.84 Å². The molecule has 1 heterocycles. The maximum atomic E-state index is 12.7. The van der Waals surface area contributed by atoms with Gasteiger partial charge in [0.1, 0.15) is 0 Å². The lowest BCUT2D eigenvalue weighted by Crippen LogP contribution is -2.35. The maximum Gasteiger partial charge on any atom is 0.340 e. The highest BCUT2D eigenvalue weighted by atomic mass is 32.2. The van der Waals surface area contributed by atoms with Crippen molar-refractivity contribution in [1.82, 2.24) is 4.31 Å². The van der Waals surface area contributed by atoms with Gasteiger partial charge in [-0.2, -0.15) is 4.31 Å². The van der Waals surface area contributed by atoms with E-state index in [1.54, 1.807) is 0 Å². The highest BCUT2D eigenvalue weighted by Gasteiger charge is 2.26. The smallest absolute Gasteiger partial charge is 0.340 e. The van der Waals surface area contributed by atoms with Crippen molar-refractivity contribution in [1.29, 1.82) is 0 Å². The van der Waals surface area contributed by atoms with Crippen LogP contribution in [0.3, 0.4) is 0 Å². The van der Waals surface area contributed by atoms with Gasteiger partial charge in [-0.1, -0.05) is 6.42 Å². The summed E-state index contributed by atoms with van der Waals surface area (Å²) in [5.41, 5.74) is -0.121. The Kier molecular flexibility index (Phi) is 8.31. The third kappa shape index (κ3) is 5.95. The third-order valence-corrected chi connectivity index (χ3v) is 7.24. The summed E-state index contributed by atoms with van der Waals surface area (Å²) in [5, 5.41) is 22.8. The zero-order valence-electron chi connectivity index (χ0n) is 18.3. The van der Waals surface area contributed by atoms with Crippen LogP contribution in [-0.2, 0) is 14.8 Å². The molecule has 34 heavy (non-hydrogen) atoms. The highest BCUT2D eigenvalue weighted by Crippen LogP contribution is 2.24. The monoisotopic (exact) mass is 491 g/mol. The van der Waals surface area contributed by atoms with Gasteiger partial charge in [0.05, 0.1) is 22.0 Å². The van der Waals surface area contributed by atoms with Crippen molar-refractivity contribution in [3.05, 3.63) is 63.7 Å². The Morgan fingerprint density at radius 2 is 1.76 bits per heavy atom. The molecule has 1 aliphatic rings. The summed E-state index contributed by atoms with van der Waals surface area (Å²) in [4.78, 5) is 35.5. The van der Waals surface area contributed by atoms with E-state index in [1.165, 1.54) is 40.7 Å². The number of hydrogen-bond donors (Lipinski definition) is 2. The van der Waals surface area contributed by atoms with Crippen molar-refractivity contribution < 1.29 is 32.8 Å². The summed E-state index contributed by atoms with van der Waals surface area (Å²) in [6.45, 7) is 0.161. The minimum atomic E-state index is -3.63. The molecule has 2 aromatic rings. The molecule has 0 amide bonds. The van der Waals surface area contributed by atoms with Crippen molar-refractivity contribution in [2.45, 2.75) is 24.2 Å². The molecule has 0 atom stereocenters. The number of ketones is 1. The molecule has 12 heteroatoms. The molecule has 3 rings (SSSR count). The number of nitrogens with zero attached hydrogens (tertiary/aromatic N) is 2. The number of piperidine rings is 1. The Labute approximate surface area is 196 Å². The van der Waals surface area contributed by atoms with Crippen LogP contribution in [0.25, 0.3) is 0 Å². The largest absolute Gasteiger partial charge is 0.454 e. The Bertz CT molecular complexity index is 1160. The van der Waals surface area contributed by atoms with Crippen molar-refractivity contribution >= 4 is 33.2 Å². The fourth-order valence-corrected chi connectivity index (χ4v) is 5.04. The molecular weight excluding hydrogens is 466 g/mol. The second-order valence-corrected chi connectivity index (χ2v) is 9.56. The van der Waals surface area contributed by atoms with E-state index >= 15 is 0 Å². The standard InChI is InChI=1S/C22H25N3O8S/c26-13-10-23-20-9-6-17(25(29)30)14-19(20)22(28)33-15-21(27)16-4-7-18(8-5-16)34(31,32)24-11-2-1-3-12-24/h4-9,14,23,26H,1-3,10-13,15H2. The van der Waals surface area contributed by atoms with Crippen LogP contribution >= 0.6 is 0 Å². The molecule has 1 fully saturated rings. The predicted octanol–water partition coefficient (Wildman–Crippen LogP) is 2.21. The van der Waals surface area contributed by atoms with Gasteiger partial charge in [-0.3, -0.25) is 14.9 Å². The average Bonchev–Trinajstić information content (AvgIpc) is 2.86. The maximum absolute atomic E-state index is 12.7. The summed E-state index contributed by atoms with van der Waals surface area (Å²) in [5.74, 6) is -1.52. The van der Waals surface area contributed by atoms with Gasteiger partial charge in [0.25, 0.3) is 5.69 Å². The number of sulfonamides is 1. The molecule has 11 nitrogen and oxygen atoms in total. The number of benzene rings is 2. The Hall–Kier alpha value is -3.35. The number of esters is 1. The first-order valence-corrected chi connectivity index (χ1v) is 12.1. The highest BCUT2D eigenvalue weighted by molar-refractivity contribution is 7.89. The first-order valence-electron chi connectivity index (χ1n) is 10.7. The molecule has 1 aliphatic heterocycles. The zero-order chi connectivity index (χ0) is 24.7. The number of ether oxygens (including phenoxy) is 1. The van der Waals surface area contributed by atoms with E-state index in [2.05, 4.69) is 5.32 Å². The van der Waals surface area contributed by atoms with Gasteiger partial charge in [0.15, 0.2) is 12.4 Å². The van der Waals surface area contributed by atoms with Crippen LogP contribution in [0.4, 0.5) is 11.4 Å². The summed E-state index contributed by atoms with van der Waals surface area (Å²) in [6.07, 6.45) is 2.61. The molecule has 0 bridgehead atoms. The fourth-order valence-electron chi connectivity index (χ4n) is 3.52. The normalized spacial score (nSPS) is 14.4. The second-order valence-electron chi connectivity index (χ2n) is 7.63. The summed E-state index contributed by atoms with van der Waals surface area (Å²) < 4.78 is 31.9. The van der Waals surface area contributed by atoms with E-state index in [9.17, 15) is 28.1 Å². The number of carbonyl (C=O) groups is 2. The number of anilines is 1. The van der Waals surface area contributed by atoms with Crippen LogP contribution in [0.15, 0.2) is 47.4 Å². The van der Waals surface area contributed by atoms with Crippen LogP contribution in [0, 0.1) is 10.1 Å². The summed E-state index contributed by atoms with van der Waals surface area (Å²) in [7, 11) is -3.63. The van der Waals surface area contributed by atoms with Gasteiger partial charge in [-0.05, 0) is 43.2 Å². The van der Waals surface area contributed by atoms with Crippen LogP contribution < -0.4 is 5.32 Å². The van der Waals surface area contributed by atoms with Crippen LogP contribution in [0.1, 0.15) is 40.0 Å². The lowest BCUT2D eigenvalue weighted by Gasteiger charge is -2.25. The van der Waals surface area contributed by atoms with E-state index in [0.717, 1.165) is 25.3 Å². The van der Waals surface area contributed by atoms with Crippen LogP contribution in [0.5, 0.6) is 0 Å². The van der Waals surface area contributed by atoms with Gasteiger partial charge in [0, 0.05) is 43.0 Å². The number of nitro groups is 1. The molecule has 1 saturated heterocycles. The number of hydrogen-bond acceptors (Lipinski definition) is 9. The van der Waals surface area contributed by atoms with Gasteiger partial charge in [-0.25, -0.2) is 13.2 Å². The van der Waals surface area contributed by atoms with Crippen LogP contribution in [0.2, 0.25) is 0 Å². The zero-order valence-corrected chi connectivity index (χ0v) is 19.1. The number of nitro benzene ring substituents is 1. The Balaban J connectivity index is 1.68. The molecule has 0 unspecified atom stereocenters. The number of carbonyl (C=O) groups excluding carboxylic acids is 2. The first-order chi connectivity index (χ1) is 16.2. The summed E-state index contributed by atoms with van der Waals surface area (Å²) in [6, 6.07) is 8.93. The number of aliphatic hydroxyl groups excluding tert-OH is 1. The number of nitrogens with one attached hydrogen (secondary N) is 1. The van der Waals surface area contributed by atoms with Crippen molar-refractivity contribution in [2.24, 2.45) is 0 Å². The molecule has 0 saturated carbocycles. The first kappa shape index (κ1) is 25.3. The molecule has 0 aromatic heterocycles. The van der Waals surface area contributed by atoms with Crippen molar-refractivity contribution in [2.75, 3.05) is 38.2 Å². The number of rotatable bonds is 10. The second kappa shape index (κ2) is 11.2. The van der Waals surface area contributed by atoms with Crippen LogP contribution in [-0.4, -0.2) is 67.4 Å². The Morgan fingerprint density at radius 3 is 2.38 bits per heavy atom. The summed E-state index contributed by atoms with van der Waals surface area (Å²) >= 11 is 0. The lowest BCUT2D eigenvalue weighted by molar-refractivity contribution is -0.384. The van der Waals surface area contributed by atoms with E-state index in [1.807, 2.05) is 0 Å². The minimum absolute atomic E-state index is 0.0825. The third-order valence-electron chi connectivity index (χ3n) is 5.32. The average molecular weight is 492 g/mol. The number of non-ortho nitro benzene ring substituents is 1. The molecular formula is C22H25N3O8S. The van der Waals surface area contributed by atoms with Crippen molar-refractivity contribution in [3.63, 3.8) is 0 Å². The topological polar surface area (TPSA) is 156 Å². The van der Waals surface area contributed by atoms with Gasteiger partial charge in [0.2, 0.25) is 10.0 Å². The molecule has 2 aromatic carbocycles. The fraction of sp³-hybridized carbons (Fsp3) is 0.364. The number of aliphatic hydroxyl groups is 1. The van der Waals surface area contributed by atoms with E-state index in [0.29, 0.717) is 13.1 Å².